The van der Waals surface area contributed by atoms with Gasteiger partial charge in [-0.15, -0.1) is 11.3 Å². The molecule has 1 unspecified atom stereocenters. The molecule has 0 bridgehead atoms. The Bertz CT molecular complexity index is 1430. The maximum absolute atomic E-state index is 14.5. The monoisotopic (exact) mass is 600 g/mol. The summed E-state index contributed by atoms with van der Waals surface area (Å²) in [6.07, 6.45) is -0.725. The van der Waals surface area contributed by atoms with Crippen molar-refractivity contribution < 1.29 is 47.3 Å². The fourth-order valence-corrected chi connectivity index (χ4v) is 6.20. The number of hydrogen-bond donors (Lipinski definition) is 1. The minimum absolute atomic E-state index is 0.0388. The average Bonchev–Trinajstić information content (AvgIpc) is 3.76. The van der Waals surface area contributed by atoms with Gasteiger partial charge in [-0.25, -0.2) is 14.0 Å². The summed E-state index contributed by atoms with van der Waals surface area (Å²) in [4.78, 5) is 53.5. The molecule has 1 aromatic carbocycles. The van der Waals surface area contributed by atoms with Crippen molar-refractivity contribution in [2.24, 2.45) is 0 Å². The van der Waals surface area contributed by atoms with E-state index in [1.54, 1.807) is 42.6 Å². The lowest BCUT2D eigenvalue weighted by Gasteiger charge is -2.31. The number of nitrogens with zero attached hydrogens (tertiary/aromatic N) is 1. The number of halogens is 1. The Balaban J connectivity index is 1.45. The number of methoxy groups -OCH3 is 1. The molecular formula is C29H29FN2O9S. The van der Waals surface area contributed by atoms with Crippen LogP contribution >= 0.6 is 11.3 Å². The van der Waals surface area contributed by atoms with E-state index >= 15 is 0 Å². The normalized spacial score (nSPS) is 18.9. The van der Waals surface area contributed by atoms with E-state index in [0.29, 0.717) is 34.8 Å². The predicted octanol–water partition coefficient (Wildman–Crippen LogP) is 3.01. The van der Waals surface area contributed by atoms with Crippen molar-refractivity contribution in [3.63, 3.8) is 0 Å². The van der Waals surface area contributed by atoms with Gasteiger partial charge >= 0.3 is 11.9 Å². The minimum atomic E-state index is -1.07. The lowest BCUT2D eigenvalue weighted by Crippen LogP contribution is -2.37. The largest absolute Gasteiger partial charge is 0.466 e. The van der Waals surface area contributed by atoms with Crippen molar-refractivity contribution in [1.29, 1.82) is 0 Å². The molecule has 11 nitrogen and oxygen atoms in total. The summed E-state index contributed by atoms with van der Waals surface area (Å²) in [7, 11) is 1.17. The van der Waals surface area contributed by atoms with Gasteiger partial charge in [0.05, 0.1) is 86.3 Å². The number of thiophene rings is 1. The van der Waals surface area contributed by atoms with Gasteiger partial charge in [0.2, 0.25) is 0 Å². The van der Waals surface area contributed by atoms with Crippen LogP contribution in [0.2, 0.25) is 0 Å². The standard InChI is InChI=1S/C29H29FN2O9S/c1-3-39-28(36)22-20(15-38-10-9-32-25(33)16-6-4-5-7-17(16)26(32)34)31-19(14-30)21(27(35)37-2)23(22)24-18(8-13-42-24)29-40-11-12-41-29/h4-8,13,23,29,31H,3,9-12,14-15H2,1-2H3. The van der Waals surface area contributed by atoms with Gasteiger partial charge in [-0.1, -0.05) is 12.1 Å². The Morgan fingerprint density at radius 1 is 1.05 bits per heavy atom. The Morgan fingerprint density at radius 2 is 1.71 bits per heavy atom. The van der Waals surface area contributed by atoms with E-state index in [1.807, 2.05) is 0 Å². The number of esters is 2. The fraction of sp³-hybridized carbons (Fsp3) is 0.379. The maximum Gasteiger partial charge on any atom is 0.336 e. The molecule has 1 fully saturated rings. The Morgan fingerprint density at radius 3 is 2.33 bits per heavy atom. The van der Waals surface area contributed by atoms with Crippen LogP contribution in [0.3, 0.4) is 0 Å². The zero-order valence-electron chi connectivity index (χ0n) is 23.0. The number of nitrogens with one attached hydrogen (secondary N) is 1. The molecule has 5 rings (SSSR count). The van der Waals surface area contributed by atoms with Crippen LogP contribution in [0.25, 0.3) is 0 Å². The van der Waals surface area contributed by atoms with Crippen molar-refractivity contribution in [3.05, 3.63) is 79.8 Å². The number of carbonyl (C=O) groups is 4. The topological polar surface area (TPSA) is 130 Å². The number of hydrogen-bond acceptors (Lipinski definition) is 11. The van der Waals surface area contributed by atoms with Crippen LogP contribution in [0.15, 0.2) is 58.3 Å². The number of benzene rings is 1. The van der Waals surface area contributed by atoms with Crippen LogP contribution in [0.5, 0.6) is 0 Å². The second-order valence-electron chi connectivity index (χ2n) is 9.36. The quantitative estimate of drug-likeness (QED) is 0.233. The Kier molecular flexibility index (Phi) is 9.12. The summed E-state index contributed by atoms with van der Waals surface area (Å²) >= 11 is 1.25. The molecule has 1 saturated heterocycles. The summed E-state index contributed by atoms with van der Waals surface area (Å²) in [6, 6.07) is 8.30. The highest BCUT2D eigenvalue weighted by molar-refractivity contribution is 7.10. The second-order valence-corrected chi connectivity index (χ2v) is 10.3. The Labute approximate surface area is 244 Å². The van der Waals surface area contributed by atoms with Gasteiger partial charge in [0, 0.05) is 10.4 Å². The number of imide groups is 1. The van der Waals surface area contributed by atoms with Gasteiger partial charge in [-0.05, 0) is 30.5 Å². The number of allylic oxidation sites excluding steroid dienone is 1. The van der Waals surface area contributed by atoms with E-state index in [9.17, 15) is 23.6 Å². The fourth-order valence-electron chi connectivity index (χ4n) is 5.16. The van der Waals surface area contributed by atoms with Gasteiger partial charge in [-0.2, -0.15) is 0 Å². The highest BCUT2D eigenvalue weighted by Crippen LogP contribution is 2.45. The molecule has 222 valence electrons. The first-order chi connectivity index (χ1) is 20.4. The molecule has 13 heteroatoms. The lowest BCUT2D eigenvalue weighted by molar-refractivity contribution is -0.139. The maximum atomic E-state index is 14.5. The average molecular weight is 601 g/mol. The van der Waals surface area contributed by atoms with Gasteiger partial charge in [0.15, 0.2) is 6.29 Å². The van der Waals surface area contributed by atoms with E-state index in [2.05, 4.69) is 5.32 Å². The first-order valence-corrected chi connectivity index (χ1v) is 14.2. The van der Waals surface area contributed by atoms with Crippen LogP contribution in [0, 0.1) is 0 Å². The molecule has 4 heterocycles. The molecule has 0 saturated carbocycles. The molecule has 1 atom stereocenters. The zero-order valence-corrected chi connectivity index (χ0v) is 23.8. The molecule has 0 radical (unpaired) electrons. The summed E-state index contributed by atoms with van der Waals surface area (Å²) in [5.74, 6) is -3.47. The third-order valence-corrected chi connectivity index (χ3v) is 8.01. The number of carbonyl (C=O) groups excluding carboxylic acids is 4. The highest BCUT2D eigenvalue weighted by atomic mass is 32.1. The van der Waals surface area contributed by atoms with Gasteiger partial charge in [0.25, 0.3) is 11.8 Å². The summed E-state index contributed by atoms with van der Waals surface area (Å²) in [5, 5.41) is 4.62. The van der Waals surface area contributed by atoms with Crippen LogP contribution < -0.4 is 5.32 Å². The van der Waals surface area contributed by atoms with E-state index < -0.39 is 42.6 Å². The molecule has 3 aliphatic heterocycles. The van der Waals surface area contributed by atoms with E-state index in [-0.39, 0.29) is 48.9 Å². The van der Waals surface area contributed by atoms with Gasteiger partial charge in [-0.3, -0.25) is 14.5 Å². The molecule has 1 aromatic heterocycles. The summed E-state index contributed by atoms with van der Waals surface area (Å²) in [6.45, 7) is 1.02. The number of alkyl halides is 1. The molecule has 0 aliphatic carbocycles. The first-order valence-electron chi connectivity index (χ1n) is 13.3. The van der Waals surface area contributed by atoms with Crippen molar-refractivity contribution in [1.82, 2.24) is 10.2 Å². The van der Waals surface area contributed by atoms with Crippen LogP contribution in [0.4, 0.5) is 4.39 Å². The molecule has 3 aliphatic rings. The number of ether oxygens (including phenoxy) is 5. The van der Waals surface area contributed by atoms with E-state index in [1.165, 1.54) is 18.4 Å². The van der Waals surface area contributed by atoms with Gasteiger partial charge < -0.3 is 29.0 Å². The smallest absolute Gasteiger partial charge is 0.336 e. The number of amides is 2. The highest BCUT2D eigenvalue weighted by Gasteiger charge is 2.43. The SMILES string of the molecule is CCOC(=O)C1=C(COCCN2C(=O)c3ccccc3C2=O)NC(CF)=C(C(=O)OC)C1c1sccc1C1OCCO1. The van der Waals surface area contributed by atoms with Crippen LogP contribution in [0.1, 0.15) is 50.3 Å². The number of dihydropyridines is 1. The van der Waals surface area contributed by atoms with Crippen molar-refractivity contribution >= 4 is 35.1 Å². The number of rotatable bonds is 11. The lowest BCUT2D eigenvalue weighted by atomic mass is 9.82. The molecular weight excluding hydrogens is 571 g/mol. The third-order valence-electron chi connectivity index (χ3n) is 7.01. The molecule has 42 heavy (non-hydrogen) atoms. The summed E-state index contributed by atoms with van der Waals surface area (Å²) in [5.41, 5.74) is 1.27. The van der Waals surface area contributed by atoms with Crippen LogP contribution in [-0.2, 0) is 33.3 Å². The first kappa shape index (κ1) is 29.6. The molecule has 2 amide bonds. The molecule has 1 N–H and O–H groups in total. The molecule has 2 aromatic rings. The van der Waals surface area contributed by atoms with Crippen LogP contribution in [-0.4, -0.2) is 82.0 Å². The van der Waals surface area contributed by atoms with Crippen molar-refractivity contribution in [2.75, 3.05) is 53.4 Å². The Hall–Kier alpha value is -3.91. The second kappa shape index (κ2) is 12.9. The molecule has 0 spiro atoms. The zero-order chi connectivity index (χ0) is 29.8. The minimum Gasteiger partial charge on any atom is -0.466 e. The predicted molar refractivity (Wildman–Crippen MR) is 146 cm³/mol. The van der Waals surface area contributed by atoms with Gasteiger partial charge in [0.1, 0.15) is 6.67 Å². The van der Waals surface area contributed by atoms with Crippen molar-refractivity contribution in [2.45, 2.75) is 19.1 Å². The van der Waals surface area contributed by atoms with E-state index in [0.717, 1.165) is 4.90 Å². The van der Waals surface area contributed by atoms with Crippen molar-refractivity contribution in [3.8, 4) is 0 Å². The number of fused-ring (bicyclic) bond motifs is 1. The summed E-state index contributed by atoms with van der Waals surface area (Å²) < 4.78 is 42.0. The van der Waals surface area contributed by atoms with E-state index in [4.69, 9.17) is 23.7 Å². The third kappa shape index (κ3) is 5.48.